The smallest absolute Gasteiger partial charge is 0.178 e. The molecule has 0 aliphatic rings. The lowest BCUT2D eigenvalue weighted by molar-refractivity contribution is 0.387. The summed E-state index contributed by atoms with van der Waals surface area (Å²) in [6.07, 6.45) is 1.61. The van der Waals surface area contributed by atoms with Crippen molar-refractivity contribution in [2.75, 3.05) is 7.11 Å². The number of hydrogen-bond donors (Lipinski definition) is 1. The number of hydrogen-bond acceptors (Lipinski definition) is 3. The van der Waals surface area contributed by atoms with Crippen molar-refractivity contribution in [3.05, 3.63) is 46.9 Å². The van der Waals surface area contributed by atoms with Gasteiger partial charge < -0.3 is 18.7 Å². The number of H-pyrrole nitrogens is 1. The average Bonchev–Trinajstić information content (AvgIpc) is 2.98. The topological polar surface area (TPSA) is 43.1 Å². The molecule has 0 aliphatic carbocycles. The first-order chi connectivity index (χ1) is 9.19. The minimum atomic E-state index is -0.420. The second kappa shape index (κ2) is 4.55. The van der Waals surface area contributed by atoms with Gasteiger partial charge in [0.25, 0.3) is 0 Å². The quantitative estimate of drug-likeness (QED) is 0.746. The van der Waals surface area contributed by atoms with Crippen LogP contribution in [0.25, 0.3) is 11.0 Å². The van der Waals surface area contributed by atoms with E-state index < -0.39 is 5.82 Å². The van der Waals surface area contributed by atoms with Gasteiger partial charge in [-0.25, -0.2) is 4.39 Å². The van der Waals surface area contributed by atoms with E-state index in [1.54, 1.807) is 12.3 Å². The predicted molar refractivity (Wildman–Crippen MR) is 71.4 cm³/mol. The summed E-state index contributed by atoms with van der Waals surface area (Å²) in [5.74, 6) is 0.548. The van der Waals surface area contributed by atoms with E-state index in [-0.39, 0.29) is 5.75 Å². The fourth-order valence-corrected chi connectivity index (χ4v) is 2.30. The SMILES string of the molecule is COc1cc2c(cc1F)[nH]c(=S)n2Cc1ccco1. The van der Waals surface area contributed by atoms with E-state index >= 15 is 0 Å². The highest BCUT2D eigenvalue weighted by Gasteiger charge is 2.11. The number of ether oxygens (including phenoxy) is 1. The number of nitrogens with one attached hydrogen (secondary N) is 1. The molecule has 19 heavy (non-hydrogen) atoms. The highest BCUT2D eigenvalue weighted by atomic mass is 32.1. The minimum Gasteiger partial charge on any atom is -0.494 e. The molecule has 1 aromatic carbocycles. The Bertz CT molecular complexity index is 774. The highest BCUT2D eigenvalue weighted by molar-refractivity contribution is 7.71. The van der Waals surface area contributed by atoms with Crippen LogP contribution in [-0.4, -0.2) is 16.7 Å². The van der Waals surface area contributed by atoms with E-state index in [2.05, 4.69) is 4.98 Å². The summed E-state index contributed by atoms with van der Waals surface area (Å²) >= 11 is 5.25. The molecule has 98 valence electrons. The highest BCUT2D eigenvalue weighted by Crippen LogP contribution is 2.25. The van der Waals surface area contributed by atoms with E-state index in [1.807, 2.05) is 16.7 Å². The molecule has 0 unspecified atom stereocenters. The standard InChI is InChI=1S/C13H11FN2O2S/c1-17-12-6-11-10(5-9(12)14)15-13(19)16(11)7-8-3-2-4-18-8/h2-6H,7H2,1H3,(H,15,19). The molecule has 0 fully saturated rings. The van der Waals surface area contributed by atoms with Crippen LogP contribution in [0.1, 0.15) is 5.76 Å². The first-order valence-electron chi connectivity index (χ1n) is 5.67. The molecule has 0 aliphatic heterocycles. The van der Waals surface area contributed by atoms with Crippen LogP contribution in [0.5, 0.6) is 5.75 Å². The molecule has 3 aromatic rings. The molecule has 3 rings (SSSR count). The summed E-state index contributed by atoms with van der Waals surface area (Å²) < 4.78 is 26.3. The van der Waals surface area contributed by atoms with E-state index in [1.165, 1.54) is 13.2 Å². The van der Waals surface area contributed by atoms with Crippen molar-refractivity contribution >= 4 is 23.3 Å². The van der Waals surface area contributed by atoms with Crippen LogP contribution < -0.4 is 4.74 Å². The zero-order chi connectivity index (χ0) is 13.4. The molecule has 0 bridgehead atoms. The Balaban J connectivity index is 2.18. The zero-order valence-electron chi connectivity index (χ0n) is 10.1. The number of imidazole rings is 1. The van der Waals surface area contributed by atoms with Crippen LogP contribution >= 0.6 is 12.2 Å². The number of aromatic nitrogens is 2. The summed E-state index contributed by atoms with van der Waals surface area (Å²) in [4.78, 5) is 2.97. The molecular formula is C13H11FN2O2S. The summed E-state index contributed by atoms with van der Waals surface area (Å²) in [5, 5.41) is 0. The molecule has 1 N–H and O–H groups in total. The third kappa shape index (κ3) is 2.04. The van der Waals surface area contributed by atoms with Crippen molar-refractivity contribution in [3.63, 3.8) is 0 Å². The van der Waals surface area contributed by atoms with Crippen molar-refractivity contribution in [3.8, 4) is 5.75 Å². The number of methoxy groups -OCH3 is 1. The van der Waals surface area contributed by atoms with E-state index in [9.17, 15) is 4.39 Å². The zero-order valence-corrected chi connectivity index (χ0v) is 11.0. The van der Waals surface area contributed by atoms with Crippen molar-refractivity contribution in [2.24, 2.45) is 0 Å². The Hall–Kier alpha value is -2.08. The molecule has 0 saturated heterocycles. The molecule has 0 spiro atoms. The normalized spacial score (nSPS) is 11.1. The summed E-state index contributed by atoms with van der Waals surface area (Å²) in [6.45, 7) is 0.487. The molecule has 0 saturated carbocycles. The Morgan fingerprint density at radius 3 is 3.00 bits per heavy atom. The maximum absolute atomic E-state index is 13.6. The van der Waals surface area contributed by atoms with Crippen LogP contribution in [0, 0.1) is 10.6 Å². The van der Waals surface area contributed by atoms with Gasteiger partial charge in [-0.05, 0) is 24.4 Å². The van der Waals surface area contributed by atoms with Gasteiger partial charge in [-0.3, -0.25) is 0 Å². The second-order valence-electron chi connectivity index (χ2n) is 4.10. The molecule has 0 radical (unpaired) electrons. The van der Waals surface area contributed by atoms with Gasteiger partial charge >= 0.3 is 0 Å². The molecule has 2 heterocycles. The molecular weight excluding hydrogens is 267 g/mol. The average molecular weight is 278 g/mol. The van der Waals surface area contributed by atoms with E-state index in [4.69, 9.17) is 21.4 Å². The number of nitrogens with zero attached hydrogens (tertiary/aromatic N) is 1. The maximum Gasteiger partial charge on any atom is 0.178 e. The van der Waals surface area contributed by atoms with Crippen molar-refractivity contribution in [2.45, 2.75) is 6.54 Å². The molecule has 0 atom stereocenters. The van der Waals surface area contributed by atoms with Crippen molar-refractivity contribution in [1.29, 1.82) is 0 Å². The van der Waals surface area contributed by atoms with Gasteiger partial charge in [0.05, 0.1) is 31.0 Å². The lowest BCUT2D eigenvalue weighted by Crippen LogP contribution is -1.99. The van der Waals surface area contributed by atoms with Gasteiger partial charge in [-0.1, -0.05) is 0 Å². The Kier molecular flexibility index (Phi) is 2.87. The van der Waals surface area contributed by atoms with Crippen LogP contribution in [0.15, 0.2) is 34.9 Å². The molecule has 4 nitrogen and oxygen atoms in total. The van der Waals surface area contributed by atoms with Gasteiger partial charge in [-0.15, -0.1) is 0 Å². The third-order valence-electron chi connectivity index (χ3n) is 2.94. The lowest BCUT2D eigenvalue weighted by Gasteiger charge is -2.05. The minimum absolute atomic E-state index is 0.190. The van der Waals surface area contributed by atoms with E-state index in [0.29, 0.717) is 16.8 Å². The van der Waals surface area contributed by atoms with Crippen LogP contribution in [0.2, 0.25) is 0 Å². The largest absolute Gasteiger partial charge is 0.494 e. The van der Waals surface area contributed by atoms with Gasteiger partial charge in [0, 0.05) is 12.1 Å². The van der Waals surface area contributed by atoms with Gasteiger partial charge in [-0.2, -0.15) is 0 Å². The Morgan fingerprint density at radius 2 is 2.32 bits per heavy atom. The van der Waals surface area contributed by atoms with Crippen molar-refractivity contribution < 1.29 is 13.5 Å². The van der Waals surface area contributed by atoms with Crippen LogP contribution in [-0.2, 0) is 6.54 Å². The van der Waals surface area contributed by atoms with Gasteiger partial charge in [0.1, 0.15) is 5.76 Å². The Morgan fingerprint density at radius 1 is 1.47 bits per heavy atom. The van der Waals surface area contributed by atoms with E-state index in [0.717, 1.165) is 11.3 Å². The number of furan rings is 1. The fourth-order valence-electron chi connectivity index (χ4n) is 2.03. The lowest BCUT2D eigenvalue weighted by atomic mass is 10.3. The second-order valence-corrected chi connectivity index (χ2v) is 4.49. The van der Waals surface area contributed by atoms with Crippen LogP contribution in [0.3, 0.4) is 0 Å². The first kappa shape index (κ1) is 12.0. The first-order valence-corrected chi connectivity index (χ1v) is 6.08. The number of benzene rings is 1. The number of rotatable bonds is 3. The van der Waals surface area contributed by atoms with Gasteiger partial charge in [0.15, 0.2) is 16.3 Å². The maximum atomic E-state index is 13.6. The molecule has 2 aromatic heterocycles. The van der Waals surface area contributed by atoms with Crippen LogP contribution in [0.4, 0.5) is 4.39 Å². The summed E-state index contributed by atoms with van der Waals surface area (Å²) in [6, 6.07) is 6.68. The number of aromatic amines is 1. The summed E-state index contributed by atoms with van der Waals surface area (Å²) in [5.41, 5.74) is 1.41. The van der Waals surface area contributed by atoms with Gasteiger partial charge in [0.2, 0.25) is 0 Å². The third-order valence-corrected chi connectivity index (χ3v) is 3.26. The number of halogens is 1. The molecule has 0 amide bonds. The number of fused-ring (bicyclic) bond motifs is 1. The Labute approximate surface area is 113 Å². The molecule has 6 heteroatoms. The fraction of sp³-hybridized carbons (Fsp3) is 0.154. The van der Waals surface area contributed by atoms with Crippen molar-refractivity contribution in [1.82, 2.24) is 9.55 Å². The summed E-state index contributed by atoms with van der Waals surface area (Å²) in [7, 11) is 1.43. The predicted octanol–water partition coefficient (Wildman–Crippen LogP) is 3.49. The monoisotopic (exact) mass is 278 g/mol.